The van der Waals surface area contributed by atoms with Crippen molar-refractivity contribution < 1.29 is 0 Å². The van der Waals surface area contributed by atoms with Crippen LogP contribution < -0.4 is 0 Å². The van der Waals surface area contributed by atoms with Gasteiger partial charge in [0, 0.05) is 0 Å². The standard InChI is InChI=1S/C52H37N/c1-35-24-26-48-50(28-35)46-23-12-11-22-45(46)47-27-25-40(33-51(47)48)44-31-42(36-14-5-2-6-15-36)30-43(32-44)39-20-13-21-41(29-39)49(37-16-7-3-8-17-37)34-52(53)38-18-9-4-10-19-38/h2-34,53H,1H3/b49-34-,53-52?. The molecule has 0 spiro atoms. The predicted octanol–water partition coefficient (Wildman–Crippen LogP) is 14.0. The Bertz CT molecular complexity index is 2830. The zero-order valence-electron chi connectivity index (χ0n) is 29.6. The van der Waals surface area contributed by atoms with E-state index in [0.717, 1.165) is 33.4 Å². The summed E-state index contributed by atoms with van der Waals surface area (Å²) in [6, 6.07) is 69.3. The molecule has 0 unspecified atom stereocenters. The van der Waals surface area contributed by atoms with Gasteiger partial charge in [0.15, 0.2) is 0 Å². The van der Waals surface area contributed by atoms with Crippen LogP contribution in [-0.4, -0.2) is 5.71 Å². The van der Waals surface area contributed by atoms with Crippen LogP contribution in [0.4, 0.5) is 0 Å². The van der Waals surface area contributed by atoms with E-state index in [1.54, 1.807) is 0 Å². The summed E-state index contributed by atoms with van der Waals surface area (Å²) < 4.78 is 0. The van der Waals surface area contributed by atoms with Gasteiger partial charge in [-0.15, -0.1) is 0 Å². The van der Waals surface area contributed by atoms with E-state index in [4.69, 9.17) is 5.41 Å². The lowest BCUT2D eigenvalue weighted by Crippen LogP contribution is -1.98. The molecule has 0 amide bonds. The maximum absolute atomic E-state index is 9.01. The second kappa shape index (κ2) is 13.7. The summed E-state index contributed by atoms with van der Waals surface area (Å²) in [5.74, 6) is 0. The lowest BCUT2D eigenvalue weighted by molar-refractivity contribution is 1.48. The van der Waals surface area contributed by atoms with E-state index >= 15 is 0 Å². The van der Waals surface area contributed by atoms with Gasteiger partial charge in [-0.2, -0.15) is 0 Å². The number of nitrogens with one attached hydrogen (secondary N) is 1. The molecule has 9 rings (SSSR count). The maximum atomic E-state index is 9.01. The fourth-order valence-electron chi connectivity index (χ4n) is 7.67. The van der Waals surface area contributed by atoms with Crippen molar-refractivity contribution in [1.29, 1.82) is 5.41 Å². The number of fused-ring (bicyclic) bond motifs is 6. The smallest absolute Gasteiger partial charge is 0.0618 e. The molecule has 0 aliphatic heterocycles. The SMILES string of the molecule is Cc1ccc2c(c1)c1ccccc1c1ccc(-c3cc(-c4ccccc4)cc(-c4cccc(/C(=C\C(=N)c5ccccc5)c5ccccc5)c4)c3)cc12. The summed E-state index contributed by atoms with van der Waals surface area (Å²) in [6.45, 7) is 2.17. The zero-order chi connectivity index (χ0) is 35.7. The van der Waals surface area contributed by atoms with Crippen molar-refractivity contribution in [2.24, 2.45) is 0 Å². The van der Waals surface area contributed by atoms with Gasteiger partial charge in [0.2, 0.25) is 0 Å². The summed E-state index contributed by atoms with van der Waals surface area (Å²) in [4.78, 5) is 0. The molecule has 1 nitrogen and oxygen atoms in total. The van der Waals surface area contributed by atoms with E-state index < -0.39 is 0 Å². The summed E-state index contributed by atoms with van der Waals surface area (Å²) in [5, 5.41) is 16.7. The zero-order valence-corrected chi connectivity index (χ0v) is 29.6. The van der Waals surface area contributed by atoms with Crippen LogP contribution in [-0.2, 0) is 0 Å². The van der Waals surface area contributed by atoms with E-state index in [1.807, 2.05) is 42.5 Å². The molecule has 53 heavy (non-hydrogen) atoms. The molecular weight excluding hydrogens is 639 g/mol. The molecule has 0 aliphatic rings. The number of hydrogen-bond acceptors (Lipinski definition) is 1. The maximum Gasteiger partial charge on any atom is 0.0618 e. The monoisotopic (exact) mass is 675 g/mol. The van der Waals surface area contributed by atoms with Gasteiger partial charge in [-0.05, 0) is 131 Å². The minimum atomic E-state index is 0.481. The first kappa shape index (κ1) is 32.1. The van der Waals surface area contributed by atoms with Crippen LogP contribution in [0.25, 0.3) is 71.3 Å². The molecule has 1 N–H and O–H groups in total. The van der Waals surface area contributed by atoms with E-state index in [2.05, 4.69) is 165 Å². The average molecular weight is 676 g/mol. The van der Waals surface area contributed by atoms with Crippen LogP contribution >= 0.6 is 0 Å². The number of rotatable bonds is 7. The Labute approximate surface area is 310 Å². The molecule has 0 aromatic heterocycles. The molecule has 0 aliphatic carbocycles. The molecule has 9 aromatic carbocycles. The Morgan fingerprint density at radius 1 is 0.340 bits per heavy atom. The Morgan fingerprint density at radius 2 is 0.811 bits per heavy atom. The third kappa shape index (κ3) is 6.24. The van der Waals surface area contributed by atoms with Gasteiger partial charge in [-0.3, -0.25) is 0 Å². The summed E-state index contributed by atoms with van der Waals surface area (Å²) >= 11 is 0. The average Bonchev–Trinajstić information content (AvgIpc) is 3.23. The molecule has 0 saturated heterocycles. The van der Waals surface area contributed by atoms with Gasteiger partial charge in [-0.1, -0.05) is 169 Å². The molecule has 1 heteroatoms. The van der Waals surface area contributed by atoms with Gasteiger partial charge < -0.3 is 5.41 Å². The first-order valence-corrected chi connectivity index (χ1v) is 18.2. The largest absolute Gasteiger partial charge is 0.300 e. The second-order valence-electron chi connectivity index (χ2n) is 13.8. The fraction of sp³-hybridized carbons (Fsp3) is 0.0192. The Hall–Kier alpha value is -6.83. The highest BCUT2D eigenvalue weighted by Gasteiger charge is 2.14. The molecule has 0 atom stereocenters. The Morgan fingerprint density at radius 3 is 1.51 bits per heavy atom. The van der Waals surface area contributed by atoms with E-state index in [1.165, 1.54) is 60.1 Å². The number of aryl methyl sites for hydroxylation is 1. The predicted molar refractivity (Wildman–Crippen MR) is 227 cm³/mol. The van der Waals surface area contributed by atoms with Gasteiger partial charge in [0.05, 0.1) is 5.71 Å². The molecule has 0 bridgehead atoms. The van der Waals surface area contributed by atoms with Gasteiger partial charge in [-0.25, -0.2) is 0 Å². The Kier molecular flexibility index (Phi) is 8.31. The molecule has 0 saturated carbocycles. The number of benzene rings is 9. The van der Waals surface area contributed by atoms with Gasteiger partial charge in [0.25, 0.3) is 0 Å². The van der Waals surface area contributed by atoms with Crippen molar-refractivity contribution in [1.82, 2.24) is 0 Å². The Balaban J connectivity index is 1.22. The van der Waals surface area contributed by atoms with Crippen LogP contribution in [0, 0.1) is 12.3 Å². The van der Waals surface area contributed by atoms with Crippen molar-refractivity contribution in [3.05, 3.63) is 222 Å². The van der Waals surface area contributed by atoms with Crippen LogP contribution in [0.1, 0.15) is 22.3 Å². The topological polar surface area (TPSA) is 23.9 Å². The molecule has 0 heterocycles. The minimum Gasteiger partial charge on any atom is -0.300 e. The van der Waals surface area contributed by atoms with Crippen LogP contribution in [0.3, 0.4) is 0 Å². The second-order valence-corrected chi connectivity index (χ2v) is 13.8. The molecule has 250 valence electrons. The number of allylic oxidation sites excluding steroid dienone is 1. The van der Waals surface area contributed by atoms with E-state index in [9.17, 15) is 0 Å². The van der Waals surface area contributed by atoms with Crippen molar-refractivity contribution in [2.75, 3.05) is 0 Å². The van der Waals surface area contributed by atoms with E-state index in [0.29, 0.717) is 5.71 Å². The lowest BCUT2D eigenvalue weighted by Gasteiger charge is -2.15. The van der Waals surface area contributed by atoms with Crippen LogP contribution in [0.2, 0.25) is 0 Å². The van der Waals surface area contributed by atoms with Crippen molar-refractivity contribution in [3.63, 3.8) is 0 Å². The van der Waals surface area contributed by atoms with Gasteiger partial charge in [0.1, 0.15) is 0 Å². The molecule has 0 fully saturated rings. The third-order valence-electron chi connectivity index (χ3n) is 10.3. The highest BCUT2D eigenvalue weighted by molar-refractivity contribution is 6.26. The summed E-state index contributed by atoms with van der Waals surface area (Å²) in [5.41, 5.74) is 12.8. The molecule has 0 radical (unpaired) electrons. The minimum absolute atomic E-state index is 0.481. The highest BCUT2D eigenvalue weighted by Crippen LogP contribution is 2.40. The van der Waals surface area contributed by atoms with Crippen LogP contribution in [0.5, 0.6) is 0 Å². The van der Waals surface area contributed by atoms with Gasteiger partial charge >= 0.3 is 0 Å². The first-order valence-electron chi connectivity index (χ1n) is 18.2. The number of hydrogen-bond donors (Lipinski definition) is 1. The normalized spacial score (nSPS) is 11.7. The van der Waals surface area contributed by atoms with E-state index in [-0.39, 0.29) is 0 Å². The van der Waals surface area contributed by atoms with Crippen molar-refractivity contribution >= 4 is 43.6 Å². The first-order chi connectivity index (χ1) is 26.1. The summed E-state index contributed by atoms with van der Waals surface area (Å²) in [6.07, 6.45) is 2.00. The van der Waals surface area contributed by atoms with Crippen LogP contribution in [0.15, 0.2) is 200 Å². The molecular formula is C52H37N. The quantitative estimate of drug-likeness (QED) is 0.128. The van der Waals surface area contributed by atoms with Crippen molar-refractivity contribution in [2.45, 2.75) is 6.92 Å². The fourth-order valence-corrected chi connectivity index (χ4v) is 7.67. The van der Waals surface area contributed by atoms with Crippen molar-refractivity contribution in [3.8, 4) is 33.4 Å². The highest BCUT2D eigenvalue weighted by atomic mass is 14.4. The summed E-state index contributed by atoms with van der Waals surface area (Å²) in [7, 11) is 0. The lowest BCUT2D eigenvalue weighted by atomic mass is 9.88. The third-order valence-corrected chi connectivity index (χ3v) is 10.3. The molecule has 9 aromatic rings.